The second-order valence-corrected chi connectivity index (χ2v) is 11.0. The van der Waals surface area contributed by atoms with Crippen LogP contribution in [0.4, 0.5) is 10.6 Å². The maximum atomic E-state index is 12.4. The van der Waals surface area contributed by atoms with Crippen molar-refractivity contribution in [3.63, 3.8) is 0 Å². The number of hydrogen-bond acceptors (Lipinski definition) is 9. The quantitative estimate of drug-likeness (QED) is 0.407. The summed E-state index contributed by atoms with van der Waals surface area (Å²) in [6.45, 7) is 7.40. The topological polar surface area (TPSA) is 121 Å². The molecular weight excluding hydrogens is 567 g/mol. The molecule has 2 aliphatic rings. The van der Waals surface area contributed by atoms with Crippen LogP contribution in [0.5, 0.6) is 0 Å². The smallest absolute Gasteiger partial charge is 0.408 e. The van der Waals surface area contributed by atoms with Gasteiger partial charge in [0, 0.05) is 19.7 Å². The highest BCUT2D eigenvalue weighted by atomic mass is 127. The number of amides is 1. The number of methoxy groups -OCH3 is 1. The minimum atomic E-state index is -0.767. The third-order valence-electron chi connectivity index (χ3n) is 6.24. The molecule has 1 amide bonds. The fraction of sp³-hybridized carbons (Fsp3) is 0.696. The van der Waals surface area contributed by atoms with Crippen molar-refractivity contribution in [3.8, 4) is 0 Å². The molecule has 35 heavy (non-hydrogen) atoms. The Balaban J connectivity index is 1.46. The van der Waals surface area contributed by atoms with E-state index in [4.69, 9.17) is 19.2 Å². The van der Waals surface area contributed by atoms with Crippen LogP contribution in [0.15, 0.2) is 6.20 Å². The lowest BCUT2D eigenvalue weighted by molar-refractivity contribution is -0.144. The first-order chi connectivity index (χ1) is 16.7. The molecule has 4 rings (SSSR count). The first-order valence-electron chi connectivity index (χ1n) is 12.0. The van der Waals surface area contributed by atoms with Gasteiger partial charge in [0.1, 0.15) is 23.0 Å². The maximum Gasteiger partial charge on any atom is 0.408 e. The summed E-state index contributed by atoms with van der Waals surface area (Å²) in [4.78, 5) is 36.5. The van der Waals surface area contributed by atoms with Gasteiger partial charge in [0.15, 0.2) is 15.6 Å². The summed E-state index contributed by atoms with van der Waals surface area (Å²) >= 11 is 2.19. The normalized spacial score (nSPS) is 20.5. The predicted molar refractivity (Wildman–Crippen MR) is 137 cm³/mol. The molecule has 0 spiro atoms. The summed E-state index contributed by atoms with van der Waals surface area (Å²) in [5.41, 5.74) is 0.837. The molecule has 0 aliphatic carbocycles. The van der Waals surface area contributed by atoms with Gasteiger partial charge in [-0.1, -0.05) is 0 Å². The van der Waals surface area contributed by atoms with Gasteiger partial charge in [-0.05, 0) is 81.4 Å². The second kappa shape index (κ2) is 10.8. The fourth-order valence-electron chi connectivity index (χ4n) is 4.53. The highest BCUT2D eigenvalue weighted by molar-refractivity contribution is 14.1. The van der Waals surface area contributed by atoms with Crippen LogP contribution >= 0.6 is 22.6 Å². The Kier molecular flexibility index (Phi) is 7.99. The van der Waals surface area contributed by atoms with E-state index in [1.165, 1.54) is 7.11 Å². The van der Waals surface area contributed by atoms with Gasteiger partial charge in [-0.25, -0.2) is 24.2 Å². The number of alkyl carbamates (subject to hydrolysis) is 1. The first kappa shape index (κ1) is 25.9. The largest absolute Gasteiger partial charge is 0.467 e. The number of esters is 1. The minimum Gasteiger partial charge on any atom is -0.467 e. The zero-order valence-electron chi connectivity index (χ0n) is 20.6. The second-order valence-electron chi connectivity index (χ2n) is 9.93. The van der Waals surface area contributed by atoms with Gasteiger partial charge in [0.2, 0.25) is 0 Å². The van der Waals surface area contributed by atoms with Crippen LogP contribution in [0.1, 0.15) is 59.1 Å². The molecule has 0 saturated carbocycles. The molecule has 12 heteroatoms. The number of ether oxygens (including phenoxy) is 3. The van der Waals surface area contributed by atoms with Crippen LogP contribution in [0.2, 0.25) is 0 Å². The van der Waals surface area contributed by atoms with Crippen LogP contribution in [0.25, 0.3) is 11.2 Å². The van der Waals surface area contributed by atoms with Gasteiger partial charge >= 0.3 is 12.1 Å². The van der Waals surface area contributed by atoms with Crippen molar-refractivity contribution >= 4 is 51.6 Å². The summed E-state index contributed by atoms with van der Waals surface area (Å²) < 4.78 is 18.9. The van der Waals surface area contributed by atoms with E-state index in [1.54, 1.807) is 27.0 Å². The zero-order chi connectivity index (χ0) is 25.2. The van der Waals surface area contributed by atoms with Gasteiger partial charge < -0.3 is 24.4 Å². The Morgan fingerprint density at radius 1 is 1.23 bits per heavy atom. The summed E-state index contributed by atoms with van der Waals surface area (Å²) in [6, 6.07) is -0.767. The fourth-order valence-corrected chi connectivity index (χ4v) is 5.14. The number of carbonyl (C=O) groups is 2. The standard InChI is InChI=1S/C23H33IN6O5/c1-23(2,3)35-22(32)27-17(21(31)33-4)14-8-10-29(11-9-14)15-13-25-18-19(24)28-30(20(18)26-15)16-7-5-6-12-34-16/h13-14,16-17H,5-12H2,1-4H3,(H,27,32). The number of nitrogens with zero attached hydrogens (tertiary/aromatic N) is 5. The van der Waals surface area contributed by atoms with Crippen molar-refractivity contribution in [1.82, 2.24) is 25.1 Å². The number of rotatable bonds is 5. The molecule has 192 valence electrons. The predicted octanol–water partition coefficient (Wildman–Crippen LogP) is 3.41. The molecule has 2 unspecified atom stereocenters. The average molecular weight is 600 g/mol. The van der Waals surface area contributed by atoms with E-state index in [0.717, 1.165) is 46.6 Å². The van der Waals surface area contributed by atoms with Crippen molar-refractivity contribution in [3.05, 3.63) is 9.90 Å². The first-order valence-corrected chi connectivity index (χ1v) is 13.1. The Labute approximate surface area is 218 Å². The molecule has 2 saturated heterocycles. The van der Waals surface area contributed by atoms with E-state index >= 15 is 0 Å². The number of anilines is 1. The van der Waals surface area contributed by atoms with Crippen LogP contribution in [0, 0.1) is 9.62 Å². The average Bonchev–Trinajstić information content (AvgIpc) is 3.17. The monoisotopic (exact) mass is 600 g/mol. The lowest BCUT2D eigenvalue weighted by Gasteiger charge is -2.35. The molecule has 2 aliphatic heterocycles. The molecule has 4 heterocycles. The SMILES string of the molecule is COC(=O)C(NC(=O)OC(C)(C)C)C1CCN(c2cnc3c(I)nn(C4CCCCO4)c3n2)CC1. The molecule has 1 N–H and O–H groups in total. The molecule has 0 radical (unpaired) electrons. The van der Waals surface area contributed by atoms with Crippen LogP contribution in [-0.4, -0.2) is 70.3 Å². The Morgan fingerprint density at radius 2 is 1.97 bits per heavy atom. The number of piperidine rings is 1. The number of carbonyl (C=O) groups excluding carboxylic acids is 2. The lowest BCUT2D eigenvalue weighted by atomic mass is 9.89. The summed E-state index contributed by atoms with van der Waals surface area (Å²) in [6.07, 6.45) is 5.45. The van der Waals surface area contributed by atoms with E-state index in [2.05, 4.69) is 42.9 Å². The Hall–Kier alpha value is -2.22. The minimum absolute atomic E-state index is 0.0787. The summed E-state index contributed by atoms with van der Waals surface area (Å²) in [5.74, 6) is 0.213. The Bertz CT molecular complexity index is 1060. The van der Waals surface area contributed by atoms with Gasteiger partial charge in [-0.2, -0.15) is 5.10 Å². The number of aromatic nitrogens is 4. The van der Waals surface area contributed by atoms with Crippen molar-refractivity contribution in [1.29, 1.82) is 0 Å². The van der Waals surface area contributed by atoms with Crippen LogP contribution in [-0.2, 0) is 19.0 Å². The third kappa shape index (κ3) is 6.13. The lowest BCUT2D eigenvalue weighted by Crippen LogP contribution is -2.51. The molecule has 11 nitrogen and oxygen atoms in total. The summed E-state index contributed by atoms with van der Waals surface area (Å²) in [5, 5.41) is 7.36. The van der Waals surface area contributed by atoms with E-state index in [1.807, 2.05) is 4.68 Å². The van der Waals surface area contributed by atoms with Crippen molar-refractivity contribution in [2.45, 2.75) is 70.7 Å². The summed E-state index contributed by atoms with van der Waals surface area (Å²) in [7, 11) is 1.33. The third-order valence-corrected chi connectivity index (χ3v) is 6.97. The number of fused-ring (bicyclic) bond motifs is 1. The zero-order valence-corrected chi connectivity index (χ0v) is 22.8. The molecule has 2 aromatic heterocycles. The van der Waals surface area contributed by atoms with Gasteiger partial charge in [0.05, 0.1) is 13.3 Å². The van der Waals surface area contributed by atoms with Crippen molar-refractivity contribution < 1.29 is 23.8 Å². The van der Waals surface area contributed by atoms with E-state index in [0.29, 0.717) is 25.9 Å². The van der Waals surface area contributed by atoms with Crippen LogP contribution < -0.4 is 10.2 Å². The Morgan fingerprint density at radius 3 is 2.60 bits per heavy atom. The number of nitrogens with one attached hydrogen (secondary N) is 1. The van der Waals surface area contributed by atoms with E-state index in [9.17, 15) is 9.59 Å². The molecule has 2 fully saturated rings. The molecule has 0 aromatic carbocycles. The highest BCUT2D eigenvalue weighted by Crippen LogP contribution is 2.30. The van der Waals surface area contributed by atoms with E-state index in [-0.39, 0.29) is 12.1 Å². The highest BCUT2D eigenvalue weighted by Gasteiger charge is 2.35. The molecular formula is C23H33IN6O5. The van der Waals surface area contributed by atoms with E-state index < -0.39 is 23.7 Å². The van der Waals surface area contributed by atoms with Gasteiger partial charge in [-0.3, -0.25) is 0 Å². The number of hydrogen-bond donors (Lipinski definition) is 1. The maximum absolute atomic E-state index is 12.4. The van der Waals surface area contributed by atoms with Gasteiger partial charge in [-0.15, -0.1) is 0 Å². The molecule has 2 aromatic rings. The van der Waals surface area contributed by atoms with Crippen molar-refractivity contribution in [2.75, 3.05) is 31.7 Å². The number of halogens is 1. The van der Waals surface area contributed by atoms with Crippen LogP contribution in [0.3, 0.4) is 0 Å². The molecule has 0 bridgehead atoms. The molecule has 2 atom stereocenters. The van der Waals surface area contributed by atoms with Gasteiger partial charge in [0.25, 0.3) is 0 Å². The van der Waals surface area contributed by atoms with Crippen molar-refractivity contribution in [2.24, 2.45) is 5.92 Å².